The zero-order valence-corrected chi connectivity index (χ0v) is 12.4. The fourth-order valence-electron chi connectivity index (χ4n) is 2.43. The average Bonchev–Trinajstić information content (AvgIpc) is 2.96. The van der Waals surface area contributed by atoms with E-state index in [4.69, 9.17) is 15.2 Å². The molecule has 1 aliphatic rings. The standard InChI is InChI=1S/C18H20N2O2/c19-18-20-16(13-22-18)10-11-21-17-8-6-15(7-9-17)12-14-4-2-1-3-5-14/h1-9,16H,10-13H2,(H2,19,20)/t16-/m0/s1. The first kappa shape index (κ1) is 14.4. The van der Waals surface area contributed by atoms with E-state index in [1.54, 1.807) is 0 Å². The maximum absolute atomic E-state index is 5.74. The Balaban J connectivity index is 1.47. The Bertz CT molecular complexity index is 623. The van der Waals surface area contributed by atoms with Gasteiger partial charge in [-0.2, -0.15) is 0 Å². The lowest BCUT2D eigenvalue weighted by atomic mass is 10.1. The van der Waals surface area contributed by atoms with Gasteiger partial charge in [-0.25, -0.2) is 4.99 Å². The number of hydrogen-bond acceptors (Lipinski definition) is 4. The molecule has 2 aromatic rings. The van der Waals surface area contributed by atoms with E-state index in [0.717, 1.165) is 18.6 Å². The maximum Gasteiger partial charge on any atom is 0.282 e. The monoisotopic (exact) mass is 296 g/mol. The average molecular weight is 296 g/mol. The van der Waals surface area contributed by atoms with Crippen LogP contribution in [-0.4, -0.2) is 25.3 Å². The molecule has 1 heterocycles. The molecule has 0 aliphatic carbocycles. The first-order chi connectivity index (χ1) is 10.8. The van der Waals surface area contributed by atoms with Crippen molar-refractivity contribution in [2.45, 2.75) is 18.9 Å². The fraction of sp³-hybridized carbons (Fsp3) is 0.278. The van der Waals surface area contributed by atoms with Gasteiger partial charge in [-0.15, -0.1) is 0 Å². The minimum Gasteiger partial charge on any atom is -0.494 e. The van der Waals surface area contributed by atoms with Crippen molar-refractivity contribution in [2.75, 3.05) is 13.2 Å². The van der Waals surface area contributed by atoms with Crippen molar-refractivity contribution in [1.82, 2.24) is 0 Å². The molecule has 0 spiro atoms. The normalized spacial score (nSPS) is 16.9. The number of amidine groups is 1. The van der Waals surface area contributed by atoms with Gasteiger partial charge in [0.2, 0.25) is 0 Å². The van der Waals surface area contributed by atoms with Crippen LogP contribution in [0.25, 0.3) is 0 Å². The highest BCUT2D eigenvalue weighted by molar-refractivity contribution is 5.72. The summed E-state index contributed by atoms with van der Waals surface area (Å²) in [6.07, 6.45) is 1.75. The number of aliphatic imine (C=N–C) groups is 1. The number of nitrogens with two attached hydrogens (primary N) is 1. The largest absolute Gasteiger partial charge is 0.494 e. The smallest absolute Gasteiger partial charge is 0.282 e. The second-order valence-electron chi connectivity index (χ2n) is 5.38. The predicted octanol–water partition coefficient (Wildman–Crippen LogP) is 2.76. The third kappa shape index (κ3) is 4.01. The van der Waals surface area contributed by atoms with Gasteiger partial charge in [0.05, 0.1) is 12.6 Å². The molecule has 0 amide bonds. The minimum absolute atomic E-state index is 0.123. The van der Waals surface area contributed by atoms with Crippen LogP contribution in [0.2, 0.25) is 0 Å². The molecule has 1 aliphatic heterocycles. The Hall–Kier alpha value is -2.49. The van der Waals surface area contributed by atoms with E-state index >= 15 is 0 Å². The van der Waals surface area contributed by atoms with Crippen molar-refractivity contribution in [1.29, 1.82) is 0 Å². The molecule has 2 aromatic carbocycles. The predicted molar refractivity (Wildman–Crippen MR) is 87.2 cm³/mol. The molecule has 114 valence electrons. The van der Waals surface area contributed by atoms with Crippen LogP contribution in [0.1, 0.15) is 17.5 Å². The van der Waals surface area contributed by atoms with Crippen LogP contribution in [0.5, 0.6) is 5.75 Å². The summed E-state index contributed by atoms with van der Waals surface area (Å²) in [4.78, 5) is 4.17. The zero-order chi connectivity index (χ0) is 15.2. The van der Waals surface area contributed by atoms with E-state index < -0.39 is 0 Å². The Morgan fingerprint density at radius 3 is 2.45 bits per heavy atom. The van der Waals surface area contributed by atoms with Gasteiger partial charge in [0.15, 0.2) is 0 Å². The fourth-order valence-corrected chi connectivity index (χ4v) is 2.43. The highest BCUT2D eigenvalue weighted by Crippen LogP contribution is 2.16. The first-order valence-corrected chi connectivity index (χ1v) is 7.51. The molecular weight excluding hydrogens is 276 g/mol. The van der Waals surface area contributed by atoms with Gasteiger partial charge in [0.1, 0.15) is 12.4 Å². The number of rotatable bonds is 6. The van der Waals surface area contributed by atoms with Crippen molar-refractivity contribution < 1.29 is 9.47 Å². The Morgan fingerprint density at radius 2 is 1.77 bits per heavy atom. The van der Waals surface area contributed by atoms with Crippen molar-refractivity contribution >= 4 is 6.02 Å². The van der Waals surface area contributed by atoms with Gasteiger partial charge in [0.25, 0.3) is 6.02 Å². The molecule has 22 heavy (non-hydrogen) atoms. The summed E-state index contributed by atoms with van der Waals surface area (Å²) in [6, 6.07) is 19.1. The van der Waals surface area contributed by atoms with Crippen LogP contribution >= 0.6 is 0 Å². The number of benzene rings is 2. The van der Waals surface area contributed by atoms with E-state index in [2.05, 4.69) is 41.4 Å². The molecule has 3 rings (SSSR count). The number of ether oxygens (including phenoxy) is 2. The molecule has 0 saturated carbocycles. The topological polar surface area (TPSA) is 56.8 Å². The van der Waals surface area contributed by atoms with Gasteiger partial charge < -0.3 is 15.2 Å². The summed E-state index contributed by atoms with van der Waals surface area (Å²) in [5, 5.41) is 0. The maximum atomic E-state index is 5.74. The van der Waals surface area contributed by atoms with Crippen LogP contribution < -0.4 is 10.5 Å². The second kappa shape index (κ2) is 6.98. The molecule has 1 atom stereocenters. The van der Waals surface area contributed by atoms with Crippen LogP contribution in [0.4, 0.5) is 0 Å². The van der Waals surface area contributed by atoms with Gasteiger partial charge in [0, 0.05) is 6.42 Å². The summed E-state index contributed by atoms with van der Waals surface area (Å²) in [5.74, 6) is 0.882. The molecule has 0 saturated heterocycles. The van der Waals surface area contributed by atoms with Crippen LogP contribution in [0, 0.1) is 0 Å². The molecule has 2 N–H and O–H groups in total. The van der Waals surface area contributed by atoms with Gasteiger partial charge in [-0.1, -0.05) is 42.5 Å². The van der Waals surface area contributed by atoms with Crippen molar-refractivity contribution in [3.05, 3.63) is 65.7 Å². The van der Waals surface area contributed by atoms with E-state index in [9.17, 15) is 0 Å². The Labute approximate surface area is 130 Å². The highest BCUT2D eigenvalue weighted by atomic mass is 16.5. The zero-order valence-electron chi connectivity index (χ0n) is 12.4. The molecule has 4 heteroatoms. The third-order valence-corrected chi connectivity index (χ3v) is 3.63. The van der Waals surface area contributed by atoms with Gasteiger partial charge >= 0.3 is 0 Å². The first-order valence-electron chi connectivity index (χ1n) is 7.51. The number of hydrogen-bond donors (Lipinski definition) is 1. The van der Waals surface area contributed by atoms with Crippen molar-refractivity contribution in [2.24, 2.45) is 10.7 Å². The molecule has 0 radical (unpaired) electrons. The third-order valence-electron chi connectivity index (χ3n) is 3.63. The molecule has 0 bridgehead atoms. The van der Waals surface area contributed by atoms with Crippen LogP contribution in [-0.2, 0) is 11.2 Å². The summed E-state index contributed by atoms with van der Waals surface area (Å²) < 4.78 is 10.9. The Morgan fingerprint density at radius 1 is 1.05 bits per heavy atom. The van der Waals surface area contributed by atoms with Crippen molar-refractivity contribution in [3.63, 3.8) is 0 Å². The van der Waals surface area contributed by atoms with Gasteiger partial charge in [-0.05, 0) is 29.7 Å². The molecule has 0 fully saturated rings. The van der Waals surface area contributed by atoms with E-state index in [1.807, 2.05) is 18.2 Å². The summed E-state index contributed by atoms with van der Waals surface area (Å²) >= 11 is 0. The van der Waals surface area contributed by atoms with E-state index in [0.29, 0.717) is 13.2 Å². The quantitative estimate of drug-likeness (QED) is 0.891. The van der Waals surface area contributed by atoms with Crippen LogP contribution in [0.3, 0.4) is 0 Å². The van der Waals surface area contributed by atoms with Crippen molar-refractivity contribution in [3.8, 4) is 5.75 Å². The molecule has 0 unspecified atom stereocenters. The van der Waals surface area contributed by atoms with Gasteiger partial charge in [-0.3, -0.25) is 0 Å². The van der Waals surface area contributed by atoms with E-state index in [1.165, 1.54) is 11.1 Å². The summed E-state index contributed by atoms with van der Waals surface area (Å²) in [7, 11) is 0. The second-order valence-corrected chi connectivity index (χ2v) is 5.38. The highest BCUT2D eigenvalue weighted by Gasteiger charge is 2.16. The van der Waals surface area contributed by atoms with Crippen LogP contribution in [0.15, 0.2) is 59.6 Å². The molecule has 4 nitrogen and oxygen atoms in total. The molecule has 0 aromatic heterocycles. The lowest BCUT2D eigenvalue weighted by molar-refractivity contribution is 0.263. The lowest BCUT2D eigenvalue weighted by Crippen LogP contribution is -2.12. The number of nitrogens with zero attached hydrogens (tertiary/aromatic N) is 1. The Kier molecular flexibility index (Phi) is 4.59. The summed E-state index contributed by atoms with van der Waals surface area (Å²) in [5.41, 5.74) is 8.07. The molecular formula is C18H20N2O2. The SMILES string of the molecule is NC1=N[C@@H](CCOc2ccc(Cc3ccccc3)cc2)CO1. The lowest BCUT2D eigenvalue weighted by Gasteiger charge is -2.09. The van der Waals surface area contributed by atoms with E-state index in [-0.39, 0.29) is 12.1 Å². The minimum atomic E-state index is 0.123. The summed E-state index contributed by atoms with van der Waals surface area (Å²) in [6.45, 7) is 1.17.